The van der Waals surface area contributed by atoms with Gasteiger partial charge in [-0.1, -0.05) is 18.2 Å². The topological polar surface area (TPSA) is 55.2 Å². The molecule has 0 saturated carbocycles. The number of para-hydroxylation sites is 1. The Balaban J connectivity index is 1.85. The summed E-state index contributed by atoms with van der Waals surface area (Å²) < 4.78 is 16.7. The smallest absolute Gasteiger partial charge is 0.248 e. The summed E-state index contributed by atoms with van der Waals surface area (Å²) in [6.07, 6.45) is 0. The van der Waals surface area contributed by atoms with E-state index in [-0.39, 0.29) is 30.4 Å². The van der Waals surface area contributed by atoms with Crippen LogP contribution in [0.25, 0.3) is 0 Å². The van der Waals surface area contributed by atoms with Crippen molar-refractivity contribution < 1.29 is 18.7 Å². The number of amides is 1. The maximum absolute atomic E-state index is 12.7. The first-order valence-corrected chi connectivity index (χ1v) is 11.0. The van der Waals surface area contributed by atoms with Gasteiger partial charge < -0.3 is 18.8 Å². The van der Waals surface area contributed by atoms with Crippen molar-refractivity contribution in [2.45, 2.75) is 46.2 Å². The number of furan rings is 1. The van der Waals surface area contributed by atoms with Gasteiger partial charge in [-0.3, -0.25) is 9.69 Å². The number of ether oxygens (including phenoxy) is 2. The van der Waals surface area contributed by atoms with Crippen LogP contribution in [0.1, 0.15) is 42.4 Å². The Morgan fingerprint density at radius 3 is 2.58 bits per heavy atom. The quantitative estimate of drug-likeness (QED) is 0.604. The second-order valence-corrected chi connectivity index (χ2v) is 8.83. The van der Waals surface area contributed by atoms with E-state index < -0.39 is 0 Å². The molecule has 1 fully saturated rings. The van der Waals surface area contributed by atoms with Gasteiger partial charge in [0, 0.05) is 38.7 Å². The normalized spacial score (nSPS) is 19.2. The average Bonchev–Trinajstić information content (AvgIpc) is 3.27. The first-order valence-electron chi connectivity index (χ1n) is 11.0. The average molecular weight is 429 g/mol. The minimum atomic E-state index is 0.0343. The molecule has 0 bridgehead atoms. The van der Waals surface area contributed by atoms with E-state index in [9.17, 15) is 4.79 Å². The van der Waals surface area contributed by atoms with Crippen LogP contribution in [0.5, 0.6) is 5.75 Å². The third kappa shape index (κ3) is 5.49. The van der Waals surface area contributed by atoms with Crippen molar-refractivity contribution in [2.75, 3.05) is 40.5 Å². The number of hydrogen-bond acceptors (Lipinski definition) is 5. The molecule has 1 saturated heterocycles. The Hall–Kier alpha value is -2.31. The number of rotatable bonds is 9. The Morgan fingerprint density at radius 1 is 1.23 bits per heavy atom. The van der Waals surface area contributed by atoms with Crippen LogP contribution < -0.4 is 4.74 Å². The Kier molecular flexibility index (Phi) is 7.79. The summed E-state index contributed by atoms with van der Waals surface area (Å²) in [5.74, 6) is 3.46. The fourth-order valence-corrected chi connectivity index (χ4v) is 4.61. The molecule has 0 radical (unpaired) electrons. The lowest BCUT2D eigenvalue weighted by Gasteiger charge is -2.31. The largest absolute Gasteiger partial charge is 0.496 e. The van der Waals surface area contributed by atoms with E-state index in [1.165, 1.54) is 11.1 Å². The lowest BCUT2D eigenvalue weighted by molar-refractivity contribution is -0.137. The summed E-state index contributed by atoms with van der Waals surface area (Å²) in [5.41, 5.74) is 2.38. The number of carbonyl (C=O) groups is 1. The molecular formula is C25H36N2O4. The van der Waals surface area contributed by atoms with Gasteiger partial charge in [-0.15, -0.1) is 0 Å². The predicted octanol–water partition coefficient (Wildman–Crippen LogP) is 4.00. The lowest BCUT2D eigenvalue weighted by Crippen LogP contribution is -2.43. The highest BCUT2D eigenvalue weighted by Crippen LogP contribution is 2.38. The first-order chi connectivity index (χ1) is 14.8. The number of likely N-dealkylation sites (tertiary alicyclic amines) is 1. The van der Waals surface area contributed by atoms with Gasteiger partial charge in [0.2, 0.25) is 5.91 Å². The Morgan fingerprint density at radius 2 is 1.97 bits per heavy atom. The molecule has 1 aliphatic heterocycles. The number of nitrogens with zero attached hydrogens (tertiary/aromatic N) is 2. The van der Waals surface area contributed by atoms with Crippen LogP contribution in [-0.2, 0) is 16.1 Å². The molecule has 6 nitrogen and oxygen atoms in total. The highest BCUT2D eigenvalue weighted by atomic mass is 16.5. The van der Waals surface area contributed by atoms with E-state index in [2.05, 4.69) is 43.9 Å². The SMILES string of the molecule is COCC(=O)N(CC1CN(Cc2cc(C)c(C)o2)CC1c1ccccc1OC)C(C)C. The van der Waals surface area contributed by atoms with Crippen LogP contribution >= 0.6 is 0 Å². The van der Waals surface area contributed by atoms with Crippen molar-refractivity contribution in [3.63, 3.8) is 0 Å². The fourth-order valence-electron chi connectivity index (χ4n) is 4.61. The minimum Gasteiger partial charge on any atom is -0.496 e. The van der Waals surface area contributed by atoms with E-state index in [4.69, 9.17) is 13.9 Å². The van der Waals surface area contributed by atoms with E-state index in [0.717, 1.165) is 36.9 Å². The highest BCUT2D eigenvalue weighted by Gasteiger charge is 2.37. The molecule has 2 atom stereocenters. The maximum atomic E-state index is 12.7. The standard InChI is InChI=1S/C25H36N2O4/c1-17(2)27(25(28)16-29-5)13-20-12-26(14-21-11-18(3)19(4)31-21)15-23(20)22-9-7-8-10-24(22)30-6/h7-11,17,20,23H,12-16H2,1-6H3. The molecule has 0 N–H and O–H groups in total. The van der Waals surface area contributed by atoms with Gasteiger partial charge in [-0.05, 0) is 56.9 Å². The maximum Gasteiger partial charge on any atom is 0.248 e. The van der Waals surface area contributed by atoms with E-state index in [0.29, 0.717) is 6.54 Å². The summed E-state index contributed by atoms with van der Waals surface area (Å²) in [7, 11) is 3.29. The van der Waals surface area contributed by atoms with E-state index in [1.807, 2.05) is 24.0 Å². The van der Waals surface area contributed by atoms with Crippen LogP contribution in [0, 0.1) is 19.8 Å². The zero-order valence-electron chi connectivity index (χ0n) is 19.7. The van der Waals surface area contributed by atoms with Gasteiger partial charge in [-0.2, -0.15) is 0 Å². The molecule has 2 heterocycles. The molecule has 2 unspecified atom stereocenters. The third-order valence-corrected chi connectivity index (χ3v) is 6.29. The van der Waals surface area contributed by atoms with Crippen LogP contribution in [0.2, 0.25) is 0 Å². The van der Waals surface area contributed by atoms with Gasteiger partial charge in [-0.25, -0.2) is 0 Å². The molecule has 0 spiro atoms. The fraction of sp³-hybridized carbons (Fsp3) is 0.560. The number of benzene rings is 1. The summed E-state index contributed by atoms with van der Waals surface area (Å²) in [6.45, 7) is 11.6. The zero-order valence-corrected chi connectivity index (χ0v) is 19.7. The second-order valence-electron chi connectivity index (χ2n) is 8.83. The third-order valence-electron chi connectivity index (χ3n) is 6.29. The van der Waals surface area contributed by atoms with Gasteiger partial charge in [0.25, 0.3) is 0 Å². The van der Waals surface area contributed by atoms with Crippen LogP contribution in [-0.4, -0.2) is 62.2 Å². The van der Waals surface area contributed by atoms with Crippen LogP contribution in [0.4, 0.5) is 0 Å². The molecule has 2 aromatic rings. The van der Waals surface area contributed by atoms with Gasteiger partial charge in [0.05, 0.1) is 13.7 Å². The monoisotopic (exact) mass is 428 g/mol. The number of methoxy groups -OCH3 is 2. The van der Waals surface area contributed by atoms with Crippen LogP contribution in [0.3, 0.4) is 0 Å². The zero-order chi connectivity index (χ0) is 22.5. The van der Waals surface area contributed by atoms with Crippen molar-refractivity contribution in [3.8, 4) is 5.75 Å². The molecule has 0 aliphatic carbocycles. The highest BCUT2D eigenvalue weighted by molar-refractivity contribution is 5.77. The molecule has 1 aromatic carbocycles. The number of aryl methyl sites for hydroxylation is 2. The molecule has 170 valence electrons. The molecular weight excluding hydrogens is 392 g/mol. The first kappa shape index (κ1) is 23.4. The van der Waals surface area contributed by atoms with E-state index in [1.54, 1.807) is 14.2 Å². The number of hydrogen-bond donors (Lipinski definition) is 0. The molecule has 1 amide bonds. The lowest BCUT2D eigenvalue weighted by atomic mass is 9.87. The van der Waals surface area contributed by atoms with Crippen molar-refractivity contribution >= 4 is 5.91 Å². The minimum absolute atomic E-state index is 0.0343. The molecule has 6 heteroatoms. The van der Waals surface area contributed by atoms with E-state index >= 15 is 0 Å². The summed E-state index contributed by atoms with van der Waals surface area (Å²) >= 11 is 0. The second kappa shape index (κ2) is 10.3. The van der Waals surface area contributed by atoms with Gasteiger partial charge in [0.1, 0.15) is 23.9 Å². The molecule has 1 aromatic heterocycles. The predicted molar refractivity (Wildman–Crippen MR) is 121 cm³/mol. The Bertz CT molecular complexity index is 857. The molecule has 3 rings (SSSR count). The molecule has 1 aliphatic rings. The van der Waals surface area contributed by atoms with Crippen molar-refractivity contribution in [3.05, 3.63) is 53.0 Å². The van der Waals surface area contributed by atoms with Gasteiger partial charge >= 0.3 is 0 Å². The Labute approximate surface area is 186 Å². The molecule has 31 heavy (non-hydrogen) atoms. The van der Waals surface area contributed by atoms with Crippen molar-refractivity contribution in [1.29, 1.82) is 0 Å². The summed E-state index contributed by atoms with van der Waals surface area (Å²) in [6, 6.07) is 10.5. The van der Waals surface area contributed by atoms with Crippen molar-refractivity contribution in [2.24, 2.45) is 5.92 Å². The summed E-state index contributed by atoms with van der Waals surface area (Å²) in [4.78, 5) is 17.1. The number of carbonyl (C=O) groups excluding carboxylic acids is 1. The van der Waals surface area contributed by atoms with Crippen molar-refractivity contribution in [1.82, 2.24) is 9.80 Å². The summed E-state index contributed by atoms with van der Waals surface area (Å²) in [5, 5.41) is 0. The van der Waals surface area contributed by atoms with Crippen LogP contribution in [0.15, 0.2) is 34.7 Å². The van der Waals surface area contributed by atoms with Gasteiger partial charge in [0.15, 0.2) is 0 Å².